The highest BCUT2D eigenvalue weighted by molar-refractivity contribution is 8.00. The first kappa shape index (κ1) is 13.4. The average molecular weight is 287 g/mol. The van der Waals surface area contributed by atoms with Gasteiger partial charge >= 0.3 is 5.97 Å². The zero-order valence-electron chi connectivity index (χ0n) is 10.00. The van der Waals surface area contributed by atoms with E-state index >= 15 is 0 Å². The van der Waals surface area contributed by atoms with Crippen molar-refractivity contribution in [2.45, 2.75) is 17.6 Å². The number of halogens is 1. The summed E-state index contributed by atoms with van der Waals surface area (Å²) in [5, 5.41) is 12.7. The summed E-state index contributed by atoms with van der Waals surface area (Å²) in [5.41, 5.74) is 6.54. The predicted molar refractivity (Wildman–Crippen MR) is 76.8 cm³/mol. The molecule has 0 spiro atoms. The lowest BCUT2D eigenvalue weighted by Crippen LogP contribution is -2.19. The first-order valence-electron chi connectivity index (χ1n) is 5.59. The minimum Gasteiger partial charge on any atom is -0.478 e. The van der Waals surface area contributed by atoms with Crippen LogP contribution in [0.2, 0.25) is 5.02 Å². The van der Waals surface area contributed by atoms with Crippen molar-refractivity contribution < 1.29 is 9.90 Å². The summed E-state index contributed by atoms with van der Waals surface area (Å²) < 4.78 is 0.237. The van der Waals surface area contributed by atoms with Gasteiger partial charge in [-0.25, -0.2) is 4.79 Å². The molecule has 1 aromatic carbocycles. The molecule has 0 atom stereocenters. The standard InChI is InChI=1S/C12H15ClN2O2S/c1-18-12(2-3-12)6-15-10-8(11(16)17)4-7(14)5-9(10)13/h4-5,15H,2-3,6,14H2,1H3,(H,16,17). The van der Waals surface area contributed by atoms with Gasteiger partial charge < -0.3 is 16.2 Å². The number of carboxylic acids is 1. The molecule has 4 nitrogen and oxygen atoms in total. The largest absolute Gasteiger partial charge is 0.478 e. The summed E-state index contributed by atoms with van der Waals surface area (Å²) in [6.45, 7) is 0.720. The van der Waals surface area contributed by atoms with Crippen LogP contribution in [0.4, 0.5) is 11.4 Å². The second kappa shape index (κ2) is 4.90. The molecule has 6 heteroatoms. The molecule has 1 aliphatic carbocycles. The van der Waals surface area contributed by atoms with Gasteiger partial charge in [-0.1, -0.05) is 11.6 Å². The van der Waals surface area contributed by atoms with E-state index in [1.54, 1.807) is 17.8 Å². The third-order valence-electron chi connectivity index (χ3n) is 3.17. The Labute approximate surface area is 115 Å². The number of nitrogens with one attached hydrogen (secondary N) is 1. The molecule has 1 saturated carbocycles. The molecule has 18 heavy (non-hydrogen) atoms. The molecule has 0 bridgehead atoms. The number of carbonyl (C=O) groups is 1. The number of nitrogens with two attached hydrogens (primary N) is 1. The molecule has 0 aromatic heterocycles. The minimum absolute atomic E-state index is 0.122. The molecule has 4 N–H and O–H groups in total. The van der Waals surface area contributed by atoms with Crippen molar-refractivity contribution in [3.05, 3.63) is 22.7 Å². The maximum atomic E-state index is 11.2. The molecule has 0 heterocycles. The van der Waals surface area contributed by atoms with Crippen molar-refractivity contribution in [2.24, 2.45) is 0 Å². The first-order chi connectivity index (χ1) is 8.47. The molecule has 2 rings (SSSR count). The summed E-state index contributed by atoms with van der Waals surface area (Å²) in [7, 11) is 0. The smallest absolute Gasteiger partial charge is 0.337 e. The van der Waals surface area contributed by atoms with E-state index in [9.17, 15) is 4.79 Å². The highest BCUT2D eigenvalue weighted by atomic mass is 35.5. The lowest BCUT2D eigenvalue weighted by atomic mass is 10.1. The number of benzene rings is 1. The molecule has 1 aliphatic rings. The Hall–Kier alpha value is -1.07. The molecular formula is C12H15ClN2O2S. The molecule has 1 fully saturated rings. The van der Waals surface area contributed by atoms with E-state index in [4.69, 9.17) is 22.4 Å². The van der Waals surface area contributed by atoms with Crippen molar-refractivity contribution in [2.75, 3.05) is 23.9 Å². The number of anilines is 2. The zero-order chi connectivity index (χ0) is 13.3. The van der Waals surface area contributed by atoms with E-state index in [1.807, 2.05) is 0 Å². The van der Waals surface area contributed by atoms with Crippen LogP contribution < -0.4 is 11.1 Å². The van der Waals surface area contributed by atoms with Gasteiger partial charge in [0.05, 0.1) is 16.3 Å². The Bertz CT molecular complexity index is 489. The molecule has 0 saturated heterocycles. The van der Waals surface area contributed by atoms with Crippen LogP contribution >= 0.6 is 23.4 Å². The summed E-state index contributed by atoms with van der Waals surface area (Å²) in [5.74, 6) is -1.03. The van der Waals surface area contributed by atoms with E-state index < -0.39 is 5.97 Å². The Morgan fingerprint density at radius 3 is 2.78 bits per heavy atom. The fourth-order valence-corrected chi connectivity index (χ4v) is 2.84. The maximum absolute atomic E-state index is 11.2. The summed E-state index contributed by atoms with van der Waals surface area (Å²) in [6.07, 6.45) is 4.36. The monoisotopic (exact) mass is 286 g/mol. The molecule has 1 aromatic rings. The van der Waals surface area contributed by atoms with E-state index in [1.165, 1.54) is 6.07 Å². The first-order valence-corrected chi connectivity index (χ1v) is 7.19. The van der Waals surface area contributed by atoms with Gasteiger partial charge in [-0.2, -0.15) is 11.8 Å². The predicted octanol–water partition coefficient (Wildman–Crippen LogP) is 2.93. The van der Waals surface area contributed by atoms with Gasteiger partial charge in [0.15, 0.2) is 0 Å². The second-order valence-electron chi connectivity index (χ2n) is 4.47. The van der Waals surface area contributed by atoms with E-state index in [2.05, 4.69) is 11.6 Å². The van der Waals surface area contributed by atoms with Crippen LogP contribution in [0.3, 0.4) is 0 Å². The Morgan fingerprint density at radius 2 is 2.28 bits per heavy atom. The van der Waals surface area contributed by atoms with Gasteiger partial charge in [-0.05, 0) is 31.2 Å². The highest BCUT2D eigenvalue weighted by Gasteiger charge is 2.41. The zero-order valence-corrected chi connectivity index (χ0v) is 11.6. The normalized spacial score (nSPS) is 16.3. The summed E-state index contributed by atoms with van der Waals surface area (Å²) >= 11 is 7.86. The van der Waals surface area contributed by atoms with E-state index in [0.717, 1.165) is 19.4 Å². The van der Waals surface area contributed by atoms with Gasteiger partial charge in [0.2, 0.25) is 0 Å². The topological polar surface area (TPSA) is 75.3 Å². The summed E-state index contributed by atoms with van der Waals surface area (Å²) in [4.78, 5) is 11.2. The van der Waals surface area contributed by atoms with E-state index in [-0.39, 0.29) is 10.3 Å². The molecule has 0 radical (unpaired) electrons. The SMILES string of the molecule is CSC1(CNc2c(Cl)cc(N)cc2C(=O)O)CC1. The van der Waals surface area contributed by atoms with Crippen molar-refractivity contribution >= 4 is 40.7 Å². The number of carboxylic acid groups (broad SMARTS) is 1. The quantitative estimate of drug-likeness (QED) is 0.726. The highest BCUT2D eigenvalue weighted by Crippen LogP contribution is 2.47. The minimum atomic E-state index is -1.03. The van der Waals surface area contributed by atoms with E-state index in [0.29, 0.717) is 16.4 Å². The molecule has 0 amide bonds. The number of hydrogen-bond donors (Lipinski definition) is 3. The Kier molecular flexibility index (Phi) is 3.64. The molecular weight excluding hydrogens is 272 g/mol. The fraction of sp³-hybridized carbons (Fsp3) is 0.417. The second-order valence-corrected chi connectivity index (χ2v) is 6.15. The third-order valence-corrected chi connectivity index (χ3v) is 4.89. The van der Waals surface area contributed by atoms with Crippen molar-refractivity contribution in [1.82, 2.24) is 0 Å². The van der Waals surface area contributed by atoms with Crippen LogP contribution in [-0.4, -0.2) is 28.6 Å². The lowest BCUT2D eigenvalue weighted by molar-refractivity contribution is 0.0698. The number of thioether (sulfide) groups is 1. The Morgan fingerprint density at radius 1 is 1.61 bits per heavy atom. The number of aromatic carboxylic acids is 1. The fourth-order valence-electron chi connectivity index (χ4n) is 1.82. The summed E-state index contributed by atoms with van der Waals surface area (Å²) in [6, 6.07) is 2.99. The van der Waals surface area contributed by atoms with Crippen LogP contribution in [0, 0.1) is 0 Å². The lowest BCUT2D eigenvalue weighted by Gasteiger charge is -2.17. The van der Waals surface area contributed by atoms with Gasteiger partial charge in [0.25, 0.3) is 0 Å². The van der Waals surface area contributed by atoms with Gasteiger partial charge in [0.1, 0.15) is 0 Å². The van der Waals surface area contributed by atoms with Gasteiger partial charge in [-0.15, -0.1) is 0 Å². The Balaban J connectivity index is 2.23. The van der Waals surface area contributed by atoms with Crippen LogP contribution in [0.5, 0.6) is 0 Å². The van der Waals surface area contributed by atoms with Crippen LogP contribution in [0.1, 0.15) is 23.2 Å². The number of hydrogen-bond acceptors (Lipinski definition) is 4. The molecule has 0 aliphatic heterocycles. The van der Waals surface area contributed by atoms with Gasteiger partial charge in [0, 0.05) is 17.0 Å². The van der Waals surface area contributed by atoms with Crippen molar-refractivity contribution in [1.29, 1.82) is 0 Å². The number of rotatable bonds is 5. The van der Waals surface area contributed by atoms with Gasteiger partial charge in [-0.3, -0.25) is 0 Å². The van der Waals surface area contributed by atoms with Crippen LogP contribution in [0.15, 0.2) is 12.1 Å². The van der Waals surface area contributed by atoms with Crippen molar-refractivity contribution in [3.63, 3.8) is 0 Å². The third kappa shape index (κ3) is 2.67. The molecule has 98 valence electrons. The number of nitrogen functional groups attached to an aromatic ring is 1. The average Bonchev–Trinajstić information content (AvgIpc) is 3.07. The molecule has 0 unspecified atom stereocenters. The van der Waals surface area contributed by atoms with Crippen LogP contribution in [-0.2, 0) is 0 Å². The van der Waals surface area contributed by atoms with Crippen LogP contribution in [0.25, 0.3) is 0 Å². The maximum Gasteiger partial charge on any atom is 0.337 e. The van der Waals surface area contributed by atoms with Crippen molar-refractivity contribution in [3.8, 4) is 0 Å².